The van der Waals surface area contributed by atoms with Crippen molar-refractivity contribution < 1.29 is 14.6 Å². The van der Waals surface area contributed by atoms with Gasteiger partial charge in [0.25, 0.3) is 0 Å². The van der Waals surface area contributed by atoms with Crippen LogP contribution in [0.2, 0.25) is 0 Å². The van der Waals surface area contributed by atoms with Gasteiger partial charge in [-0.25, -0.2) is 0 Å². The number of hydrogen-bond donors (Lipinski definition) is 1. The second-order valence-corrected chi connectivity index (χ2v) is 5.68. The lowest BCUT2D eigenvalue weighted by molar-refractivity contribution is 0.0654. The number of hydrogen-bond acceptors (Lipinski definition) is 3. The molecule has 0 amide bonds. The monoisotopic (exact) mass is 284 g/mol. The van der Waals surface area contributed by atoms with Crippen LogP contribution >= 0.6 is 0 Å². The van der Waals surface area contributed by atoms with Gasteiger partial charge < -0.3 is 14.6 Å². The molecule has 1 unspecified atom stereocenters. The zero-order valence-corrected chi connectivity index (χ0v) is 12.6. The van der Waals surface area contributed by atoms with Crippen molar-refractivity contribution in [2.75, 3.05) is 7.11 Å². The van der Waals surface area contributed by atoms with Crippen molar-refractivity contribution in [1.82, 2.24) is 0 Å². The highest BCUT2D eigenvalue weighted by Gasteiger charge is 2.28. The Kier molecular flexibility index (Phi) is 3.60. The molecule has 0 saturated heterocycles. The molecule has 2 aromatic carbocycles. The number of rotatable bonds is 2. The summed E-state index contributed by atoms with van der Waals surface area (Å²) in [5.74, 6) is 1.47. The van der Waals surface area contributed by atoms with Crippen LogP contribution < -0.4 is 9.47 Å². The SMILES string of the molecule is COc1ccc2c(c1)[C@H](O)CC(c1cc(C)cc(C)c1)O2. The molecule has 110 valence electrons. The second kappa shape index (κ2) is 5.41. The maximum absolute atomic E-state index is 10.4. The van der Waals surface area contributed by atoms with E-state index < -0.39 is 6.10 Å². The molecule has 0 aromatic heterocycles. The summed E-state index contributed by atoms with van der Waals surface area (Å²) in [6, 6.07) is 12.0. The van der Waals surface area contributed by atoms with Crippen LogP contribution in [-0.4, -0.2) is 12.2 Å². The molecule has 2 aromatic rings. The van der Waals surface area contributed by atoms with E-state index in [0.29, 0.717) is 6.42 Å². The third kappa shape index (κ3) is 2.74. The number of ether oxygens (including phenoxy) is 2. The van der Waals surface area contributed by atoms with Gasteiger partial charge in [0.15, 0.2) is 0 Å². The molecule has 3 rings (SSSR count). The topological polar surface area (TPSA) is 38.7 Å². The highest BCUT2D eigenvalue weighted by molar-refractivity contribution is 5.44. The minimum absolute atomic E-state index is 0.112. The Balaban J connectivity index is 1.94. The van der Waals surface area contributed by atoms with Crippen molar-refractivity contribution in [2.45, 2.75) is 32.5 Å². The number of fused-ring (bicyclic) bond motifs is 1. The first kappa shape index (κ1) is 14.0. The highest BCUT2D eigenvalue weighted by atomic mass is 16.5. The van der Waals surface area contributed by atoms with Gasteiger partial charge in [-0.05, 0) is 37.6 Å². The third-order valence-corrected chi connectivity index (χ3v) is 3.90. The molecule has 2 atom stereocenters. The van der Waals surface area contributed by atoms with E-state index in [2.05, 4.69) is 32.0 Å². The zero-order chi connectivity index (χ0) is 15.0. The highest BCUT2D eigenvalue weighted by Crippen LogP contribution is 2.42. The summed E-state index contributed by atoms with van der Waals surface area (Å²) in [6.45, 7) is 4.16. The van der Waals surface area contributed by atoms with Crippen molar-refractivity contribution in [3.05, 3.63) is 58.7 Å². The first-order valence-electron chi connectivity index (χ1n) is 7.17. The molecule has 0 bridgehead atoms. The van der Waals surface area contributed by atoms with Crippen LogP contribution in [0.3, 0.4) is 0 Å². The van der Waals surface area contributed by atoms with E-state index in [0.717, 1.165) is 22.6 Å². The Morgan fingerprint density at radius 3 is 2.48 bits per heavy atom. The molecular weight excluding hydrogens is 264 g/mol. The molecule has 1 aliphatic rings. The van der Waals surface area contributed by atoms with Gasteiger partial charge in [0.2, 0.25) is 0 Å². The summed E-state index contributed by atoms with van der Waals surface area (Å²) >= 11 is 0. The summed E-state index contributed by atoms with van der Waals surface area (Å²) < 4.78 is 11.3. The fraction of sp³-hybridized carbons (Fsp3) is 0.333. The molecule has 3 nitrogen and oxygen atoms in total. The van der Waals surface area contributed by atoms with E-state index in [9.17, 15) is 5.11 Å². The van der Waals surface area contributed by atoms with Crippen molar-refractivity contribution in [3.63, 3.8) is 0 Å². The Bertz CT molecular complexity index is 643. The van der Waals surface area contributed by atoms with Gasteiger partial charge in [0, 0.05) is 12.0 Å². The largest absolute Gasteiger partial charge is 0.497 e. The first-order chi connectivity index (χ1) is 10.1. The maximum atomic E-state index is 10.4. The molecule has 1 heterocycles. The van der Waals surface area contributed by atoms with Crippen molar-refractivity contribution in [1.29, 1.82) is 0 Å². The number of benzene rings is 2. The third-order valence-electron chi connectivity index (χ3n) is 3.90. The van der Waals surface area contributed by atoms with E-state index in [-0.39, 0.29) is 6.10 Å². The van der Waals surface area contributed by atoms with Gasteiger partial charge in [-0.1, -0.05) is 29.3 Å². The lowest BCUT2D eigenvalue weighted by atomic mass is 9.93. The fourth-order valence-electron chi connectivity index (χ4n) is 2.95. The van der Waals surface area contributed by atoms with Crippen LogP contribution in [0.4, 0.5) is 0 Å². The van der Waals surface area contributed by atoms with Crippen LogP contribution in [-0.2, 0) is 0 Å². The Labute approximate surface area is 125 Å². The van der Waals surface area contributed by atoms with Gasteiger partial charge >= 0.3 is 0 Å². The summed E-state index contributed by atoms with van der Waals surface area (Å²) in [6.07, 6.45) is -0.0857. The van der Waals surface area contributed by atoms with E-state index in [1.807, 2.05) is 18.2 Å². The maximum Gasteiger partial charge on any atom is 0.127 e. The van der Waals surface area contributed by atoms with Crippen LogP contribution in [0.25, 0.3) is 0 Å². The standard InChI is InChI=1S/C18H20O3/c1-11-6-12(2)8-13(7-11)18-10-16(19)15-9-14(20-3)4-5-17(15)21-18/h4-9,16,18-19H,10H2,1-3H3/t16-,18?/m1/s1. The number of aliphatic hydroxyl groups excluding tert-OH is 1. The Morgan fingerprint density at radius 1 is 1.10 bits per heavy atom. The molecule has 1 N–H and O–H groups in total. The van der Waals surface area contributed by atoms with E-state index >= 15 is 0 Å². The lowest BCUT2D eigenvalue weighted by Gasteiger charge is -2.30. The fourth-order valence-corrected chi connectivity index (χ4v) is 2.95. The Hall–Kier alpha value is -2.00. The van der Waals surface area contributed by atoms with Gasteiger partial charge in [0.05, 0.1) is 13.2 Å². The van der Waals surface area contributed by atoms with Crippen LogP contribution in [0.5, 0.6) is 11.5 Å². The normalized spacial score (nSPS) is 20.6. The number of aryl methyl sites for hydroxylation is 2. The quantitative estimate of drug-likeness (QED) is 0.910. The predicted octanol–water partition coefficient (Wildman–Crippen LogP) is 3.87. The van der Waals surface area contributed by atoms with Gasteiger partial charge in [-0.2, -0.15) is 0 Å². The zero-order valence-electron chi connectivity index (χ0n) is 12.6. The minimum Gasteiger partial charge on any atom is -0.497 e. The average molecular weight is 284 g/mol. The summed E-state index contributed by atoms with van der Waals surface area (Å²) in [4.78, 5) is 0. The Morgan fingerprint density at radius 2 is 1.81 bits per heavy atom. The smallest absolute Gasteiger partial charge is 0.127 e. The summed E-state index contributed by atoms with van der Waals surface area (Å²) in [5.41, 5.74) is 4.34. The van der Waals surface area contributed by atoms with E-state index in [4.69, 9.17) is 9.47 Å². The van der Waals surface area contributed by atoms with Gasteiger partial charge in [-0.15, -0.1) is 0 Å². The summed E-state index contributed by atoms with van der Waals surface area (Å²) in [7, 11) is 1.62. The van der Waals surface area contributed by atoms with E-state index in [1.165, 1.54) is 11.1 Å². The minimum atomic E-state index is -0.533. The number of aliphatic hydroxyl groups is 1. The molecule has 0 saturated carbocycles. The predicted molar refractivity (Wildman–Crippen MR) is 81.9 cm³/mol. The molecule has 21 heavy (non-hydrogen) atoms. The lowest BCUT2D eigenvalue weighted by Crippen LogP contribution is -2.19. The van der Waals surface area contributed by atoms with Crippen LogP contribution in [0.1, 0.15) is 40.9 Å². The van der Waals surface area contributed by atoms with Gasteiger partial charge in [-0.3, -0.25) is 0 Å². The van der Waals surface area contributed by atoms with Gasteiger partial charge in [0.1, 0.15) is 17.6 Å². The molecule has 1 aliphatic heterocycles. The van der Waals surface area contributed by atoms with Crippen LogP contribution in [0, 0.1) is 13.8 Å². The van der Waals surface area contributed by atoms with Crippen LogP contribution in [0.15, 0.2) is 36.4 Å². The first-order valence-corrected chi connectivity index (χ1v) is 7.17. The van der Waals surface area contributed by atoms with Crippen molar-refractivity contribution in [3.8, 4) is 11.5 Å². The number of methoxy groups -OCH3 is 1. The molecule has 0 fully saturated rings. The molecular formula is C18H20O3. The molecule has 0 radical (unpaired) electrons. The second-order valence-electron chi connectivity index (χ2n) is 5.68. The van der Waals surface area contributed by atoms with Crippen molar-refractivity contribution >= 4 is 0 Å². The molecule has 3 heteroatoms. The van der Waals surface area contributed by atoms with Crippen molar-refractivity contribution in [2.24, 2.45) is 0 Å². The molecule has 0 aliphatic carbocycles. The molecule has 0 spiro atoms. The summed E-state index contributed by atoms with van der Waals surface area (Å²) in [5, 5.41) is 10.4. The average Bonchev–Trinajstić information content (AvgIpc) is 2.46. The van der Waals surface area contributed by atoms with E-state index in [1.54, 1.807) is 7.11 Å².